The molecule has 6 heteroatoms. The fourth-order valence-corrected chi connectivity index (χ4v) is 2.60. The fraction of sp³-hybridized carbons (Fsp3) is 0. The number of hydrogen-bond donors (Lipinski definition) is 1. The second kappa shape index (κ2) is 4.90. The van der Waals surface area contributed by atoms with E-state index in [1.54, 1.807) is 29.5 Å². The average Bonchev–Trinajstić information content (AvgIpc) is 3.04. The lowest BCUT2D eigenvalue weighted by Crippen LogP contribution is -2.21. The Morgan fingerprint density at radius 3 is 2.85 bits per heavy atom. The Hall–Kier alpha value is -2.47. The molecular weight excluding hydrogens is 277 g/mol. The largest absolute Gasteiger partial charge is 0.350 e. The van der Waals surface area contributed by atoms with Gasteiger partial charge in [0.1, 0.15) is 11.3 Å². The number of nitrogens with two attached hydrogens (primary N) is 1. The molecule has 3 rings (SSSR count). The van der Waals surface area contributed by atoms with Crippen LogP contribution in [0.3, 0.4) is 0 Å². The number of carbonyl (C=O) groups excluding carboxylic acids is 1. The molecule has 1 amide bonds. The van der Waals surface area contributed by atoms with Gasteiger partial charge >= 0.3 is 6.03 Å². The van der Waals surface area contributed by atoms with Gasteiger partial charge in [0.15, 0.2) is 0 Å². The highest BCUT2D eigenvalue weighted by Gasteiger charge is 2.15. The average molecular weight is 287 g/mol. The summed E-state index contributed by atoms with van der Waals surface area (Å²) >= 11 is 1.58. The molecular formula is C14H10FN3OS. The van der Waals surface area contributed by atoms with Gasteiger partial charge in [-0.05, 0) is 29.7 Å². The van der Waals surface area contributed by atoms with Crippen molar-refractivity contribution in [3.63, 3.8) is 0 Å². The number of nitrogens with zero attached hydrogens (tertiary/aromatic N) is 2. The molecule has 0 bridgehead atoms. The SMILES string of the molecule is NC(=O)n1nc(/C=C/c2cccs2)c2cccc(F)c21. The molecule has 0 aliphatic heterocycles. The van der Waals surface area contributed by atoms with Crippen LogP contribution in [0, 0.1) is 5.82 Å². The van der Waals surface area contributed by atoms with Crippen molar-refractivity contribution in [1.82, 2.24) is 9.78 Å². The van der Waals surface area contributed by atoms with Gasteiger partial charge < -0.3 is 5.73 Å². The number of primary amides is 1. The second-order valence-corrected chi connectivity index (χ2v) is 5.10. The third-order valence-electron chi connectivity index (χ3n) is 2.84. The van der Waals surface area contributed by atoms with E-state index in [-0.39, 0.29) is 5.52 Å². The highest BCUT2D eigenvalue weighted by atomic mass is 32.1. The van der Waals surface area contributed by atoms with E-state index in [0.29, 0.717) is 11.1 Å². The highest BCUT2D eigenvalue weighted by Crippen LogP contribution is 2.23. The lowest BCUT2D eigenvalue weighted by molar-refractivity contribution is 0.248. The number of para-hydroxylation sites is 1. The Balaban J connectivity index is 2.17. The van der Waals surface area contributed by atoms with Crippen molar-refractivity contribution in [1.29, 1.82) is 0 Å². The van der Waals surface area contributed by atoms with Crippen LogP contribution in [-0.4, -0.2) is 15.8 Å². The van der Waals surface area contributed by atoms with E-state index in [1.807, 2.05) is 23.6 Å². The number of halogens is 1. The van der Waals surface area contributed by atoms with Crippen LogP contribution < -0.4 is 5.73 Å². The Morgan fingerprint density at radius 1 is 1.30 bits per heavy atom. The number of hydrogen-bond acceptors (Lipinski definition) is 3. The van der Waals surface area contributed by atoms with Crippen molar-refractivity contribution in [3.8, 4) is 0 Å². The molecule has 0 unspecified atom stereocenters. The molecule has 0 aliphatic rings. The van der Waals surface area contributed by atoms with Gasteiger partial charge in [-0.25, -0.2) is 9.18 Å². The maximum atomic E-state index is 13.8. The van der Waals surface area contributed by atoms with Crippen molar-refractivity contribution >= 4 is 40.4 Å². The number of carbonyl (C=O) groups is 1. The molecule has 2 aromatic heterocycles. The van der Waals surface area contributed by atoms with Crippen LogP contribution in [-0.2, 0) is 0 Å². The van der Waals surface area contributed by atoms with Gasteiger partial charge in [0.2, 0.25) is 0 Å². The normalized spacial score (nSPS) is 11.4. The summed E-state index contributed by atoms with van der Waals surface area (Å²) in [5.41, 5.74) is 5.83. The van der Waals surface area contributed by atoms with Gasteiger partial charge in [0, 0.05) is 10.3 Å². The third kappa shape index (κ3) is 2.10. The van der Waals surface area contributed by atoms with Gasteiger partial charge in [-0.3, -0.25) is 0 Å². The van der Waals surface area contributed by atoms with Crippen LogP contribution in [0.15, 0.2) is 35.7 Å². The lowest BCUT2D eigenvalue weighted by Gasteiger charge is -1.96. The van der Waals surface area contributed by atoms with Crippen molar-refractivity contribution in [2.45, 2.75) is 0 Å². The van der Waals surface area contributed by atoms with Crippen molar-refractivity contribution in [2.75, 3.05) is 0 Å². The predicted molar refractivity (Wildman–Crippen MR) is 77.9 cm³/mol. The van der Waals surface area contributed by atoms with E-state index in [2.05, 4.69) is 5.10 Å². The van der Waals surface area contributed by atoms with Crippen LogP contribution in [0.4, 0.5) is 9.18 Å². The molecule has 0 spiro atoms. The minimum Gasteiger partial charge on any atom is -0.350 e. The first-order chi connectivity index (χ1) is 9.66. The van der Waals surface area contributed by atoms with E-state index in [9.17, 15) is 9.18 Å². The fourth-order valence-electron chi connectivity index (χ4n) is 1.98. The molecule has 4 nitrogen and oxygen atoms in total. The van der Waals surface area contributed by atoms with E-state index < -0.39 is 11.8 Å². The quantitative estimate of drug-likeness (QED) is 0.785. The zero-order chi connectivity index (χ0) is 14.1. The van der Waals surface area contributed by atoms with Crippen LogP contribution in [0.5, 0.6) is 0 Å². The number of rotatable bonds is 2. The number of amides is 1. The number of benzene rings is 1. The topological polar surface area (TPSA) is 60.9 Å². The third-order valence-corrected chi connectivity index (χ3v) is 3.68. The highest BCUT2D eigenvalue weighted by molar-refractivity contribution is 7.10. The van der Waals surface area contributed by atoms with Gasteiger partial charge in [-0.15, -0.1) is 11.3 Å². The summed E-state index contributed by atoms with van der Waals surface area (Å²) in [7, 11) is 0. The maximum Gasteiger partial charge on any atom is 0.340 e. The molecule has 3 aromatic rings. The van der Waals surface area contributed by atoms with E-state index in [4.69, 9.17) is 5.73 Å². The van der Waals surface area contributed by atoms with Crippen molar-refractivity contribution < 1.29 is 9.18 Å². The summed E-state index contributed by atoms with van der Waals surface area (Å²) in [6, 6.07) is 7.64. The Labute approximate surface area is 117 Å². The first-order valence-corrected chi connectivity index (χ1v) is 6.73. The Morgan fingerprint density at radius 2 is 2.15 bits per heavy atom. The standard InChI is InChI=1S/C14H10FN3OS/c15-11-5-1-4-10-12(7-6-9-3-2-8-20-9)17-18(13(10)11)14(16)19/h1-8H,(H2,16,19)/b7-6+. The number of aromatic nitrogens is 2. The minimum atomic E-state index is -0.809. The first-order valence-electron chi connectivity index (χ1n) is 5.85. The molecule has 0 saturated heterocycles. The summed E-state index contributed by atoms with van der Waals surface area (Å²) in [4.78, 5) is 12.4. The monoisotopic (exact) mass is 287 g/mol. The second-order valence-electron chi connectivity index (χ2n) is 4.12. The van der Waals surface area contributed by atoms with Gasteiger partial charge in [0.25, 0.3) is 0 Å². The first kappa shape index (κ1) is 12.6. The smallest absolute Gasteiger partial charge is 0.340 e. The van der Waals surface area contributed by atoms with Gasteiger partial charge in [-0.1, -0.05) is 18.2 Å². The van der Waals surface area contributed by atoms with Gasteiger partial charge in [-0.2, -0.15) is 9.78 Å². The van der Waals surface area contributed by atoms with Crippen LogP contribution in [0.25, 0.3) is 23.1 Å². The van der Waals surface area contributed by atoms with E-state index in [1.165, 1.54) is 6.07 Å². The predicted octanol–water partition coefficient (Wildman–Crippen LogP) is 3.33. The number of fused-ring (bicyclic) bond motifs is 1. The molecule has 0 aliphatic carbocycles. The van der Waals surface area contributed by atoms with Crippen molar-refractivity contribution in [3.05, 3.63) is 52.1 Å². The molecule has 2 heterocycles. The van der Waals surface area contributed by atoms with E-state index >= 15 is 0 Å². The van der Waals surface area contributed by atoms with Crippen LogP contribution >= 0.6 is 11.3 Å². The zero-order valence-electron chi connectivity index (χ0n) is 10.3. The molecule has 20 heavy (non-hydrogen) atoms. The summed E-state index contributed by atoms with van der Waals surface area (Å²) in [6.45, 7) is 0. The molecule has 0 atom stereocenters. The van der Waals surface area contributed by atoms with E-state index in [0.717, 1.165) is 9.56 Å². The molecule has 0 radical (unpaired) electrons. The van der Waals surface area contributed by atoms with Gasteiger partial charge in [0.05, 0.1) is 5.69 Å². The zero-order valence-corrected chi connectivity index (χ0v) is 11.1. The summed E-state index contributed by atoms with van der Waals surface area (Å²) in [5, 5.41) is 6.58. The van der Waals surface area contributed by atoms with Crippen LogP contribution in [0.2, 0.25) is 0 Å². The maximum absolute atomic E-state index is 13.8. The number of thiophene rings is 1. The summed E-state index contributed by atoms with van der Waals surface area (Å²) in [5.74, 6) is -0.524. The molecule has 100 valence electrons. The Kier molecular flexibility index (Phi) is 3.08. The Bertz CT molecular complexity index is 805. The van der Waals surface area contributed by atoms with Crippen molar-refractivity contribution in [2.24, 2.45) is 5.73 Å². The molecule has 1 aromatic carbocycles. The minimum absolute atomic E-state index is 0.103. The molecule has 0 saturated carbocycles. The molecule has 0 fully saturated rings. The molecule has 2 N–H and O–H groups in total. The summed E-state index contributed by atoms with van der Waals surface area (Å²) < 4.78 is 14.7. The summed E-state index contributed by atoms with van der Waals surface area (Å²) in [6.07, 6.45) is 3.61. The lowest BCUT2D eigenvalue weighted by atomic mass is 10.2. The van der Waals surface area contributed by atoms with Crippen LogP contribution in [0.1, 0.15) is 10.6 Å².